The van der Waals surface area contributed by atoms with Crippen molar-refractivity contribution in [3.05, 3.63) is 18.0 Å². The van der Waals surface area contributed by atoms with Crippen molar-refractivity contribution in [1.82, 2.24) is 9.78 Å². The largest absolute Gasteiger partial charge is 0.392 e. The Labute approximate surface area is 110 Å². The molecule has 1 saturated carbocycles. The summed E-state index contributed by atoms with van der Waals surface area (Å²) in [5, 5.41) is 14.8. The normalized spacial score (nSPS) is 25.8. The van der Waals surface area contributed by atoms with Gasteiger partial charge >= 0.3 is 0 Å². The Morgan fingerprint density at radius 1 is 1.44 bits per heavy atom. The summed E-state index contributed by atoms with van der Waals surface area (Å²) in [6.07, 6.45) is 7.44. The van der Waals surface area contributed by atoms with E-state index in [4.69, 9.17) is 0 Å². The summed E-state index contributed by atoms with van der Waals surface area (Å²) in [5.41, 5.74) is 1.02. The summed E-state index contributed by atoms with van der Waals surface area (Å²) in [6, 6.07) is 2.43. The summed E-state index contributed by atoms with van der Waals surface area (Å²) in [6.45, 7) is 6.50. The first-order valence-electron chi connectivity index (χ1n) is 7.32. The number of aliphatic hydroxyl groups is 1. The van der Waals surface area contributed by atoms with Gasteiger partial charge in [0.05, 0.1) is 11.8 Å². The molecule has 0 spiro atoms. The van der Waals surface area contributed by atoms with Gasteiger partial charge in [-0.2, -0.15) is 5.10 Å². The average Bonchev–Trinajstić information content (AvgIpc) is 2.96. The summed E-state index contributed by atoms with van der Waals surface area (Å²) in [7, 11) is 0. The van der Waals surface area contributed by atoms with Crippen molar-refractivity contribution in [2.45, 2.75) is 65.0 Å². The van der Waals surface area contributed by atoms with Crippen molar-refractivity contribution in [3.63, 3.8) is 0 Å². The van der Waals surface area contributed by atoms with Gasteiger partial charge in [0, 0.05) is 18.7 Å². The third-order valence-corrected chi connectivity index (χ3v) is 4.31. The standard InChI is InChI=1S/C15H26N2O/c1-4-12-5-6-13(9-12)15(18)10-14-7-8-17(16-14)11(2)3/h7-8,11-13,15,18H,4-6,9-10H2,1-3H3. The lowest BCUT2D eigenvalue weighted by Gasteiger charge is -2.17. The maximum atomic E-state index is 10.3. The van der Waals surface area contributed by atoms with Crippen molar-refractivity contribution in [2.24, 2.45) is 11.8 Å². The van der Waals surface area contributed by atoms with E-state index in [2.05, 4.69) is 25.9 Å². The Bertz CT molecular complexity index is 372. The molecule has 0 radical (unpaired) electrons. The molecule has 18 heavy (non-hydrogen) atoms. The van der Waals surface area contributed by atoms with E-state index in [0.717, 1.165) is 11.6 Å². The van der Waals surface area contributed by atoms with Crippen molar-refractivity contribution >= 4 is 0 Å². The van der Waals surface area contributed by atoms with Crippen LogP contribution in [0.5, 0.6) is 0 Å². The topological polar surface area (TPSA) is 38.0 Å². The Hall–Kier alpha value is -0.830. The Kier molecular flexibility index (Phi) is 4.44. The molecule has 1 aliphatic carbocycles. The molecule has 1 fully saturated rings. The fourth-order valence-electron chi connectivity index (χ4n) is 2.99. The van der Waals surface area contributed by atoms with Gasteiger partial charge in [0.15, 0.2) is 0 Å². The molecule has 102 valence electrons. The Morgan fingerprint density at radius 3 is 2.78 bits per heavy atom. The monoisotopic (exact) mass is 250 g/mol. The van der Waals surface area contributed by atoms with E-state index >= 15 is 0 Å². The lowest BCUT2D eigenvalue weighted by molar-refractivity contribution is 0.107. The highest BCUT2D eigenvalue weighted by Gasteiger charge is 2.29. The molecule has 3 atom stereocenters. The van der Waals surface area contributed by atoms with Crippen molar-refractivity contribution in [1.29, 1.82) is 0 Å². The van der Waals surface area contributed by atoms with Gasteiger partial charge in [-0.3, -0.25) is 4.68 Å². The van der Waals surface area contributed by atoms with Crippen LogP contribution in [0.1, 0.15) is 58.2 Å². The summed E-state index contributed by atoms with van der Waals surface area (Å²) < 4.78 is 1.96. The third-order valence-electron chi connectivity index (χ3n) is 4.31. The van der Waals surface area contributed by atoms with Crippen LogP contribution in [0.15, 0.2) is 12.3 Å². The van der Waals surface area contributed by atoms with E-state index in [1.54, 1.807) is 0 Å². The molecule has 0 saturated heterocycles. The van der Waals surface area contributed by atoms with E-state index in [1.165, 1.54) is 25.7 Å². The number of hydrogen-bond donors (Lipinski definition) is 1. The van der Waals surface area contributed by atoms with Crippen molar-refractivity contribution in [3.8, 4) is 0 Å². The zero-order valence-corrected chi connectivity index (χ0v) is 11.8. The van der Waals surface area contributed by atoms with Crippen LogP contribution in [0.4, 0.5) is 0 Å². The van der Waals surface area contributed by atoms with E-state index in [-0.39, 0.29) is 6.10 Å². The minimum atomic E-state index is -0.211. The minimum absolute atomic E-state index is 0.211. The summed E-state index contributed by atoms with van der Waals surface area (Å²) >= 11 is 0. The molecule has 0 amide bonds. The molecular weight excluding hydrogens is 224 g/mol. The first-order valence-corrected chi connectivity index (χ1v) is 7.32. The van der Waals surface area contributed by atoms with E-state index < -0.39 is 0 Å². The Balaban J connectivity index is 1.88. The molecule has 1 aromatic heterocycles. The van der Waals surface area contributed by atoms with Crippen LogP contribution in [0.25, 0.3) is 0 Å². The number of nitrogens with zero attached hydrogens (tertiary/aromatic N) is 2. The second-order valence-electron chi connectivity index (χ2n) is 6.00. The number of aromatic nitrogens is 2. The number of rotatable bonds is 5. The fourth-order valence-corrected chi connectivity index (χ4v) is 2.99. The van der Waals surface area contributed by atoms with Gasteiger partial charge in [-0.1, -0.05) is 19.8 Å². The van der Waals surface area contributed by atoms with Gasteiger partial charge in [-0.15, -0.1) is 0 Å². The molecule has 1 heterocycles. The molecule has 3 heteroatoms. The average molecular weight is 250 g/mol. The van der Waals surface area contributed by atoms with Crippen LogP contribution in [0, 0.1) is 11.8 Å². The molecule has 0 bridgehead atoms. The van der Waals surface area contributed by atoms with Crippen molar-refractivity contribution < 1.29 is 5.11 Å². The quantitative estimate of drug-likeness (QED) is 0.871. The van der Waals surface area contributed by atoms with E-state index in [1.807, 2.05) is 16.9 Å². The van der Waals surface area contributed by atoms with Crippen LogP contribution < -0.4 is 0 Å². The molecular formula is C15H26N2O. The van der Waals surface area contributed by atoms with Crippen LogP contribution in [-0.2, 0) is 6.42 Å². The summed E-state index contributed by atoms with van der Waals surface area (Å²) in [4.78, 5) is 0. The molecule has 3 nitrogen and oxygen atoms in total. The smallest absolute Gasteiger partial charge is 0.0650 e. The predicted octanol–water partition coefficient (Wildman–Crippen LogP) is 3.19. The maximum absolute atomic E-state index is 10.3. The number of aliphatic hydroxyl groups excluding tert-OH is 1. The van der Waals surface area contributed by atoms with Gasteiger partial charge in [-0.05, 0) is 44.6 Å². The zero-order valence-electron chi connectivity index (χ0n) is 11.8. The van der Waals surface area contributed by atoms with Gasteiger partial charge in [0.25, 0.3) is 0 Å². The summed E-state index contributed by atoms with van der Waals surface area (Å²) in [5.74, 6) is 1.32. The molecule has 0 aliphatic heterocycles. The van der Waals surface area contributed by atoms with E-state index in [0.29, 0.717) is 18.4 Å². The number of hydrogen-bond acceptors (Lipinski definition) is 2. The van der Waals surface area contributed by atoms with Gasteiger partial charge in [0.1, 0.15) is 0 Å². The molecule has 3 unspecified atom stereocenters. The molecule has 1 N–H and O–H groups in total. The highest BCUT2D eigenvalue weighted by atomic mass is 16.3. The predicted molar refractivity (Wildman–Crippen MR) is 73.4 cm³/mol. The van der Waals surface area contributed by atoms with Crippen LogP contribution in [0.2, 0.25) is 0 Å². The second-order valence-corrected chi connectivity index (χ2v) is 6.00. The van der Waals surface area contributed by atoms with E-state index in [9.17, 15) is 5.11 Å². The SMILES string of the molecule is CCC1CCC(C(O)Cc2ccn(C(C)C)n2)C1. The van der Waals surface area contributed by atoms with Gasteiger partial charge in [0.2, 0.25) is 0 Å². The lowest BCUT2D eigenvalue weighted by atomic mass is 9.95. The first-order chi connectivity index (χ1) is 8.60. The lowest BCUT2D eigenvalue weighted by Crippen LogP contribution is -2.21. The van der Waals surface area contributed by atoms with Gasteiger partial charge < -0.3 is 5.11 Å². The second kappa shape index (κ2) is 5.87. The van der Waals surface area contributed by atoms with Crippen LogP contribution >= 0.6 is 0 Å². The first kappa shape index (κ1) is 13.6. The fraction of sp³-hybridized carbons (Fsp3) is 0.800. The van der Waals surface area contributed by atoms with Gasteiger partial charge in [-0.25, -0.2) is 0 Å². The van der Waals surface area contributed by atoms with Crippen LogP contribution in [0.3, 0.4) is 0 Å². The highest BCUT2D eigenvalue weighted by Crippen LogP contribution is 2.35. The maximum Gasteiger partial charge on any atom is 0.0650 e. The molecule has 0 aromatic carbocycles. The third kappa shape index (κ3) is 3.14. The highest BCUT2D eigenvalue weighted by molar-refractivity contribution is 5.02. The molecule has 1 aliphatic rings. The van der Waals surface area contributed by atoms with Crippen LogP contribution in [-0.4, -0.2) is 21.0 Å². The molecule has 2 rings (SSSR count). The zero-order chi connectivity index (χ0) is 13.1. The molecule has 1 aromatic rings. The Morgan fingerprint density at radius 2 is 2.22 bits per heavy atom. The van der Waals surface area contributed by atoms with Crippen molar-refractivity contribution in [2.75, 3.05) is 0 Å². The minimum Gasteiger partial charge on any atom is -0.392 e.